The highest BCUT2D eigenvalue weighted by Gasteiger charge is 2.29. The van der Waals surface area contributed by atoms with E-state index in [0.717, 1.165) is 11.0 Å². The van der Waals surface area contributed by atoms with Crippen molar-refractivity contribution in [1.29, 1.82) is 0 Å². The van der Waals surface area contributed by atoms with Crippen LogP contribution in [0.5, 0.6) is 0 Å². The van der Waals surface area contributed by atoms with Crippen LogP contribution in [0.1, 0.15) is 63.6 Å². The molecule has 2 unspecified atom stereocenters. The Morgan fingerprint density at radius 2 is 2.11 bits per heavy atom. The van der Waals surface area contributed by atoms with Gasteiger partial charge in [-0.15, -0.1) is 0 Å². The van der Waals surface area contributed by atoms with Crippen molar-refractivity contribution in [3.8, 4) is 0 Å². The van der Waals surface area contributed by atoms with Crippen molar-refractivity contribution in [1.82, 2.24) is 9.78 Å². The minimum Gasteiger partial charge on any atom is -0.330 e. The molecule has 18 heavy (non-hydrogen) atoms. The summed E-state index contributed by atoms with van der Waals surface area (Å²) in [4.78, 5) is 0. The van der Waals surface area contributed by atoms with E-state index in [1.165, 1.54) is 37.8 Å². The van der Waals surface area contributed by atoms with Gasteiger partial charge in [-0.05, 0) is 55.1 Å². The topological polar surface area (TPSA) is 43.8 Å². The first-order chi connectivity index (χ1) is 8.65. The Balaban J connectivity index is 2.35. The Morgan fingerprint density at radius 1 is 1.39 bits per heavy atom. The number of rotatable bonds is 3. The van der Waals surface area contributed by atoms with Crippen molar-refractivity contribution in [2.24, 2.45) is 11.7 Å². The van der Waals surface area contributed by atoms with Crippen LogP contribution >= 0.6 is 15.9 Å². The van der Waals surface area contributed by atoms with E-state index in [2.05, 4.69) is 39.6 Å². The molecule has 0 aromatic carbocycles. The summed E-state index contributed by atoms with van der Waals surface area (Å²) in [5.41, 5.74) is 7.36. The van der Waals surface area contributed by atoms with Crippen LogP contribution in [0.4, 0.5) is 0 Å². The number of nitrogens with two attached hydrogens (primary N) is 1. The third kappa shape index (κ3) is 2.80. The van der Waals surface area contributed by atoms with Crippen LogP contribution in [0.3, 0.4) is 0 Å². The second-order valence-corrected chi connectivity index (χ2v) is 6.51. The summed E-state index contributed by atoms with van der Waals surface area (Å²) in [5, 5.41) is 4.52. The molecule has 1 aromatic heterocycles. The van der Waals surface area contributed by atoms with Crippen LogP contribution in [-0.4, -0.2) is 16.3 Å². The zero-order valence-electron chi connectivity index (χ0n) is 11.4. The van der Waals surface area contributed by atoms with Gasteiger partial charge < -0.3 is 5.73 Å². The summed E-state index contributed by atoms with van der Waals surface area (Å²) < 4.78 is 3.32. The zero-order valence-corrected chi connectivity index (χ0v) is 13.0. The van der Waals surface area contributed by atoms with E-state index in [-0.39, 0.29) is 0 Å². The van der Waals surface area contributed by atoms with Gasteiger partial charge in [0.15, 0.2) is 0 Å². The van der Waals surface area contributed by atoms with Crippen LogP contribution in [0.25, 0.3) is 0 Å². The lowest BCUT2D eigenvalue weighted by atomic mass is 9.85. The number of hydrogen-bond acceptors (Lipinski definition) is 2. The van der Waals surface area contributed by atoms with E-state index in [1.807, 2.05) is 6.20 Å². The molecule has 2 atom stereocenters. The molecule has 1 fully saturated rings. The van der Waals surface area contributed by atoms with Gasteiger partial charge in [-0.25, -0.2) is 0 Å². The lowest BCUT2D eigenvalue weighted by molar-refractivity contribution is 0.371. The third-order valence-corrected chi connectivity index (χ3v) is 4.70. The van der Waals surface area contributed by atoms with Gasteiger partial charge in [0, 0.05) is 12.0 Å². The summed E-state index contributed by atoms with van der Waals surface area (Å²) in [6.45, 7) is 5.18. The molecule has 1 aliphatic rings. The molecular formula is C14H24BrN3. The molecule has 2 rings (SSSR count). The maximum atomic E-state index is 6.00. The van der Waals surface area contributed by atoms with E-state index < -0.39 is 0 Å². The van der Waals surface area contributed by atoms with Crippen molar-refractivity contribution < 1.29 is 0 Å². The van der Waals surface area contributed by atoms with Crippen LogP contribution < -0.4 is 5.73 Å². The average Bonchev–Trinajstić information content (AvgIpc) is 2.60. The van der Waals surface area contributed by atoms with Crippen molar-refractivity contribution in [3.05, 3.63) is 16.4 Å². The SMILES string of the molecule is CC(C)n1ncc(Br)c1C1CCCCCC1CN. The highest BCUT2D eigenvalue weighted by atomic mass is 79.9. The fraction of sp³-hybridized carbons (Fsp3) is 0.786. The second kappa shape index (κ2) is 6.20. The number of halogens is 1. The van der Waals surface area contributed by atoms with Crippen LogP contribution in [0, 0.1) is 5.92 Å². The zero-order chi connectivity index (χ0) is 13.1. The molecular weight excluding hydrogens is 290 g/mol. The van der Waals surface area contributed by atoms with Gasteiger partial charge in [0.2, 0.25) is 0 Å². The molecule has 1 saturated carbocycles. The first-order valence-corrected chi connectivity index (χ1v) is 7.87. The first kappa shape index (κ1) is 14.1. The monoisotopic (exact) mass is 313 g/mol. The molecule has 0 saturated heterocycles. The minimum atomic E-state index is 0.410. The predicted molar refractivity (Wildman–Crippen MR) is 78.7 cm³/mol. The molecule has 0 radical (unpaired) electrons. The van der Waals surface area contributed by atoms with Crippen molar-refractivity contribution in [2.45, 2.75) is 57.9 Å². The molecule has 0 amide bonds. The van der Waals surface area contributed by atoms with Gasteiger partial charge in [0.25, 0.3) is 0 Å². The number of hydrogen-bond donors (Lipinski definition) is 1. The molecule has 1 heterocycles. The lowest BCUT2D eigenvalue weighted by Gasteiger charge is -2.26. The first-order valence-electron chi connectivity index (χ1n) is 7.08. The van der Waals surface area contributed by atoms with Gasteiger partial charge in [-0.1, -0.05) is 19.3 Å². The van der Waals surface area contributed by atoms with E-state index in [9.17, 15) is 0 Å². The highest BCUT2D eigenvalue weighted by molar-refractivity contribution is 9.10. The summed E-state index contributed by atoms with van der Waals surface area (Å²) in [7, 11) is 0. The summed E-state index contributed by atoms with van der Waals surface area (Å²) in [6.07, 6.45) is 8.44. The molecule has 4 heteroatoms. The lowest BCUT2D eigenvalue weighted by Crippen LogP contribution is -2.24. The molecule has 102 valence electrons. The molecule has 0 spiro atoms. The van der Waals surface area contributed by atoms with Gasteiger partial charge in [0.05, 0.1) is 16.4 Å². The molecule has 1 aliphatic carbocycles. The maximum Gasteiger partial charge on any atom is 0.0635 e. The Bertz CT molecular complexity index is 386. The summed E-state index contributed by atoms with van der Waals surface area (Å²) in [6, 6.07) is 0.410. The average molecular weight is 314 g/mol. The van der Waals surface area contributed by atoms with Crippen LogP contribution in [0.15, 0.2) is 10.7 Å². The smallest absolute Gasteiger partial charge is 0.0635 e. The molecule has 1 aromatic rings. The van der Waals surface area contributed by atoms with Crippen LogP contribution in [-0.2, 0) is 0 Å². The summed E-state index contributed by atoms with van der Waals surface area (Å²) >= 11 is 3.68. The molecule has 0 aliphatic heterocycles. The summed E-state index contributed by atoms with van der Waals surface area (Å²) in [5.74, 6) is 1.18. The highest BCUT2D eigenvalue weighted by Crippen LogP contribution is 2.39. The number of nitrogens with zero attached hydrogens (tertiary/aromatic N) is 2. The molecule has 2 N–H and O–H groups in total. The van der Waals surface area contributed by atoms with Gasteiger partial charge in [-0.3, -0.25) is 4.68 Å². The third-order valence-electron chi connectivity index (χ3n) is 4.09. The van der Waals surface area contributed by atoms with Crippen molar-refractivity contribution >= 4 is 15.9 Å². The van der Waals surface area contributed by atoms with E-state index in [1.54, 1.807) is 0 Å². The predicted octanol–water partition coefficient (Wildman–Crippen LogP) is 3.85. The Labute approximate surface area is 118 Å². The van der Waals surface area contributed by atoms with E-state index >= 15 is 0 Å². The maximum absolute atomic E-state index is 6.00. The Kier molecular flexibility index (Phi) is 4.84. The molecule has 3 nitrogen and oxygen atoms in total. The standard InChI is InChI=1S/C14H24BrN3/c1-10(2)18-14(13(15)9-17-18)12-7-5-3-4-6-11(12)8-16/h9-12H,3-8,16H2,1-2H3. The van der Waals surface area contributed by atoms with Gasteiger partial charge in [0.1, 0.15) is 0 Å². The van der Waals surface area contributed by atoms with E-state index in [4.69, 9.17) is 5.73 Å². The minimum absolute atomic E-state index is 0.410. The van der Waals surface area contributed by atoms with E-state index in [0.29, 0.717) is 17.9 Å². The van der Waals surface area contributed by atoms with Crippen molar-refractivity contribution in [2.75, 3.05) is 6.54 Å². The Hall–Kier alpha value is -0.350. The van der Waals surface area contributed by atoms with Crippen molar-refractivity contribution in [3.63, 3.8) is 0 Å². The fourth-order valence-corrected chi connectivity index (χ4v) is 3.70. The molecule has 0 bridgehead atoms. The second-order valence-electron chi connectivity index (χ2n) is 5.66. The fourth-order valence-electron chi connectivity index (χ4n) is 3.14. The van der Waals surface area contributed by atoms with Crippen LogP contribution in [0.2, 0.25) is 0 Å². The van der Waals surface area contributed by atoms with Gasteiger partial charge in [-0.2, -0.15) is 5.10 Å². The normalized spacial score (nSPS) is 25.4. The Morgan fingerprint density at radius 3 is 2.78 bits per heavy atom. The quantitative estimate of drug-likeness (QED) is 0.861. The number of aromatic nitrogens is 2. The van der Waals surface area contributed by atoms with Gasteiger partial charge >= 0.3 is 0 Å². The largest absolute Gasteiger partial charge is 0.330 e.